The average Bonchev–Trinajstić information content (AvgIpc) is 2.78. The van der Waals surface area contributed by atoms with Gasteiger partial charge < -0.3 is 9.47 Å². The Morgan fingerprint density at radius 1 is 0.900 bits per heavy atom. The molecule has 0 spiro atoms. The predicted octanol–water partition coefficient (Wildman–Crippen LogP) is 7.07. The molecule has 0 amide bonds. The van der Waals surface area contributed by atoms with Crippen molar-refractivity contribution < 1.29 is 23.0 Å². The van der Waals surface area contributed by atoms with Crippen molar-refractivity contribution in [3.8, 4) is 11.5 Å². The molecule has 1 aromatic rings. The van der Waals surface area contributed by atoms with E-state index in [0.717, 1.165) is 50.4 Å². The minimum atomic E-state index is -1.15. The number of hydrogen-bond acceptors (Lipinski definition) is 3. The van der Waals surface area contributed by atoms with Gasteiger partial charge in [0.15, 0.2) is 11.5 Å². The van der Waals surface area contributed by atoms with Gasteiger partial charge in [0, 0.05) is 0 Å². The van der Waals surface area contributed by atoms with Crippen molar-refractivity contribution in [2.24, 2.45) is 23.7 Å². The zero-order chi connectivity index (χ0) is 21.5. The molecule has 2 saturated carbocycles. The van der Waals surface area contributed by atoms with Crippen LogP contribution >= 0.6 is 0 Å². The van der Waals surface area contributed by atoms with E-state index in [9.17, 15) is 13.6 Å². The van der Waals surface area contributed by atoms with Gasteiger partial charge in [-0.25, -0.2) is 0 Å². The first-order chi connectivity index (χ1) is 14.5. The van der Waals surface area contributed by atoms with Crippen LogP contribution in [0.2, 0.25) is 0 Å². The highest BCUT2D eigenvalue weighted by atomic mass is 19.2. The van der Waals surface area contributed by atoms with Crippen molar-refractivity contribution >= 4 is 5.97 Å². The number of hydrogen-bond donors (Lipinski definition) is 0. The maximum atomic E-state index is 14.3. The molecule has 1 aromatic carbocycles. The van der Waals surface area contributed by atoms with Gasteiger partial charge in [-0.3, -0.25) is 4.79 Å². The first kappa shape index (κ1) is 23.0. The van der Waals surface area contributed by atoms with Crippen molar-refractivity contribution in [3.05, 3.63) is 23.8 Å². The third-order valence-electron chi connectivity index (χ3n) is 7.22. The fraction of sp³-hybridized carbons (Fsp3) is 0.720. The van der Waals surface area contributed by atoms with Gasteiger partial charge in [0.1, 0.15) is 0 Å². The third kappa shape index (κ3) is 5.73. The smallest absolute Gasteiger partial charge is 0.314 e. The molecule has 0 radical (unpaired) electrons. The summed E-state index contributed by atoms with van der Waals surface area (Å²) in [5, 5.41) is 0. The first-order valence-electron chi connectivity index (χ1n) is 11.9. The maximum Gasteiger partial charge on any atom is 0.314 e. The molecular weight excluding hydrogens is 386 g/mol. The van der Waals surface area contributed by atoms with Gasteiger partial charge in [-0.1, -0.05) is 39.5 Å². The lowest BCUT2D eigenvalue weighted by Gasteiger charge is -2.37. The van der Waals surface area contributed by atoms with E-state index in [4.69, 9.17) is 9.47 Å². The summed E-state index contributed by atoms with van der Waals surface area (Å²) < 4.78 is 39.0. The van der Waals surface area contributed by atoms with Crippen LogP contribution in [-0.2, 0) is 4.79 Å². The molecule has 0 aromatic heterocycles. The molecular formula is C25H36F2O3. The lowest BCUT2D eigenvalue weighted by atomic mass is 9.69. The van der Waals surface area contributed by atoms with Crippen LogP contribution in [0.25, 0.3) is 0 Å². The molecule has 0 bridgehead atoms. The van der Waals surface area contributed by atoms with Gasteiger partial charge in [0.25, 0.3) is 0 Å². The third-order valence-corrected chi connectivity index (χ3v) is 7.22. The molecule has 2 aliphatic rings. The lowest BCUT2D eigenvalue weighted by Crippen LogP contribution is -2.30. The van der Waals surface area contributed by atoms with Crippen molar-refractivity contribution in [2.45, 2.75) is 84.5 Å². The van der Waals surface area contributed by atoms with Crippen LogP contribution in [0.15, 0.2) is 12.1 Å². The molecule has 0 unspecified atom stereocenters. The number of benzene rings is 1. The zero-order valence-corrected chi connectivity index (χ0v) is 18.4. The van der Waals surface area contributed by atoms with Gasteiger partial charge in [-0.15, -0.1) is 0 Å². The van der Waals surface area contributed by atoms with Gasteiger partial charge in [-0.2, -0.15) is 8.78 Å². The SMILES string of the molecule is CCCCOc1ccc(OC(=O)C2CCC(C3CCC(CC)CC3)CC2)c(F)c1F. The molecule has 30 heavy (non-hydrogen) atoms. The highest BCUT2D eigenvalue weighted by Crippen LogP contribution is 2.42. The van der Waals surface area contributed by atoms with E-state index in [1.165, 1.54) is 44.2 Å². The highest BCUT2D eigenvalue weighted by Gasteiger charge is 2.33. The Balaban J connectivity index is 1.49. The summed E-state index contributed by atoms with van der Waals surface area (Å²) in [7, 11) is 0. The van der Waals surface area contributed by atoms with Crippen molar-refractivity contribution in [1.29, 1.82) is 0 Å². The molecule has 0 heterocycles. The van der Waals surface area contributed by atoms with E-state index < -0.39 is 17.6 Å². The molecule has 0 aliphatic heterocycles. The molecule has 3 nitrogen and oxygen atoms in total. The number of carbonyl (C=O) groups excluding carboxylic acids is 1. The van der Waals surface area contributed by atoms with Crippen LogP contribution < -0.4 is 9.47 Å². The van der Waals surface area contributed by atoms with Crippen molar-refractivity contribution in [1.82, 2.24) is 0 Å². The summed E-state index contributed by atoms with van der Waals surface area (Å²) in [6.45, 7) is 4.60. The summed E-state index contributed by atoms with van der Waals surface area (Å²) in [6, 6.07) is 2.62. The second kappa shape index (κ2) is 11.1. The van der Waals surface area contributed by atoms with E-state index >= 15 is 0 Å². The standard InChI is InChI=1S/C25H36F2O3/c1-3-5-16-29-21-14-15-22(24(27)23(21)26)30-25(28)20-12-10-19(11-13-20)18-8-6-17(4-2)7-9-18/h14-15,17-20H,3-13,16H2,1-2H3. The van der Waals surface area contributed by atoms with E-state index in [0.29, 0.717) is 12.5 Å². The fourth-order valence-corrected chi connectivity index (χ4v) is 5.12. The fourth-order valence-electron chi connectivity index (χ4n) is 5.12. The number of ether oxygens (including phenoxy) is 2. The summed E-state index contributed by atoms with van der Waals surface area (Å²) in [6.07, 6.45) is 11.9. The largest absolute Gasteiger partial charge is 0.490 e. The molecule has 2 fully saturated rings. The first-order valence-corrected chi connectivity index (χ1v) is 11.9. The molecule has 2 aliphatic carbocycles. The van der Waals surface area contributed by atoms with Crippen LogP contribution in [0.5, 0.6) is 11.5 Å². The number of rotatable bonds is 8. The lowest BCUT2D eigenvalue weighted by molar-refractivity contribution is -0.140. The summed E-state index contributed by atoms with van der Waals surface area (Å²) in [5.41, 5.74) is 0. The Bertz CT molecular complexity index is 690. The van der Waals surface area contributed by atoms with Crippen LogP contribution in [0.3, 0.4) is 0 Å². The van der Waals surface area contributed by atoms with E-state index in [1.807, 2.05) is 6.92 Å². The number of carbonyl (C=O) groups is 1. The molecule has 0 atom stereocenters. The molecule has 0 N–H and O–H groups in total. The van der Waals surface area contributed by atoms with Gasteiger partial charge in [0.2, 0.25) is 11.6 Å². The summed E-state index contributed by atoms with van der Waals surface area (Å²) in [4.78, 5) is 12.5. The number of esters is 1. The molecule has 3 rings (SSSR count). The van der Waals surface area contributed by atoms with E-state index in [-0.39, 0.29) is 17.4 Å². The van der Waals surface area contributed by atoms with Gasteiger partial charge >= 0.3 is 5.97 Å². The topological polar surface area (TPSA) is 35.5 Å². The Kier molecular flexibility index (Phi) is 8.52. The Morgan fingerprint density at radius 2 is 1.47 bits per heavy atom. The average molecular weight is 423 g/mol. The van der Waals surface area contributed by atoms with Crippen molar-refractivity contribution in [3.63, 3.8) is 0 Å². The maximum absolute atomic E-state index is 14.3. The minimum absolute atomic E-state index is 0.140. The highest BCUT2D eigenvalue weighted by molar-refractivity contribution is 5.75. The van der Waals surface area contributed by atoms with E-state index in [2.05, 4.69) is 6.92 Å². The molecule has 5 heteroatoms. The predicted molar refractivity (Wildman–Crippen MR) is 114 cm³/mol. The normalized spacial score (nSPS) is 26.9. The quantitative estimate of drug-likeness (QED) is 0.255. The Hall–Kier alpha value is -1.65. The second-order valence-electron chi connectivity index (χ2n) is 9.11. The van der Waals surface area contributed by atoms with Gasteiger partial charge in [-0.05, 0) is 74.8 Å². The number of halogens is 2. The summed E-state index contributed by atoms with van der Waals surface area (Å²) in [5.74, 6) is -1.03. The van der Waals surface area contributed by atoms with Crippen LogP contribution in [-0.4, -0.2) is 12.6 Å². The zero-order valence-electron chi connectivity index (χ0n) is 18.4. The Labute approximate surface area is 179 Å². The molecule has 0 saturated heterocycles. The Morgan fingerprint density at radius 3 is 2.07 bits per heavy atom. The van der Waals surface area contributed by atoms with Gasteiger partial charge in [0.05, 0.1) is 12.5 Å². The van der Waals surface area contributed by atoms with Crippen LogP contribution in [0, 0.1) is 35.3 Å². The monoisotopic (exact) mass is 422 g/mol. The number of unbranched alkanes of at least 4 members (excludes halogenated alkanes) is 1. The van der Waals surface area contributed by atoms with E-state index in [1.54, 1.807) is 0 Å². The molecule has 168 valence electrons. The minimum Gasteiger partial charge on any atom is -0.490 e. The van der Waals surface area contributed by atoms with Crippen LogP contribution in [0.4, 0.5) is 8.78 Å². The summed E-state index contributed by atoms with van der Waals surface area (Å²) >= 11 is 0. The van der Waals surface area contributed by atoms with Crippen molar-refractivity contribution in [2.75, 3.05) is 6.61 Å². The second-order valence-corrected chi connectivity index (χ2v) is 9.11. The van der Waals surface area contributed by atoms with Crippen LogP contribution in [0.1, 0.15) is 84.5 Å².